The van der Waals surface area contributed by atoms with Gasteiger partial charge in [-0.1, -0.05) is 30.3 Å². The molecule has 0 aromatic heterocycles. The summed E-state index contributed by atoms with van der Waals surface area (Å²) >= 11 is 1.73. The second kappa shape index (κ2) is 12.1. The fourth-order valence-electron chi connectivity index (χ4n) is 2.00. The normalized spacial score (nSPS) is 10.8. The minimum absolute atomic E-state index is 0. The number of hydrogen-bond donors (Lipinski definition) is 2. The quantitative estimate of drug-likeness (QED) is 0.213. The molecule has 0 bridgehead atoms. The molecule has 0 atom stereocenters. The topological polar surface area (TPSA) is 36.4 Å². The first kappa shape index (κ1) is 20.8. The zero-order valence-electron chi connectivity index (χ0n) is 13.7. The predicted molar refractivity (Wildman–Crippen MR) is 112 cm³/mol. The van der Waals surface area contributed by atoms with Gasteiger partial charge < -0.3 is 10.6 Å². The molecule has 0 fully saturated rings. The molecule has 0 radical (unpaired) electrons. The summed E-state index contributed by atoms with van der Waals surface area (Å²) in [6.07, 6.45) is 1.01. The lowest BCUT2D eigenvalue weighted by Crippen LogP contribution is -2.37. The molecule has 2 aromatic rings. The Labute approximate surface area is 164 Å². The number of benzene rings is 2. The minimum atomic E-state index is -0.190. The summed E-state index contributed by atoms with van der Waals surface area (Å²) in [5, 5.41) is 6.59. The van der Waals surface area contributed by atoms with Crippen LogP contribution in [0.3, 0.4) is 0 Å². The number of nitrogens with one attached hydrogen (secondary N) is 2. The standard InChI is InChI=1S/C18H22FN3S.HI/c1-20-18(22-14-15-6-3-2-4-7-15)21-12-5-13-23-17-10-8-16(19)9-11-17;/h2-4,6-11H,5,12-14H2,1H3,(H2,20,21,22);1H. The Kier molecular flexibility index (Phi) is 10.5. The number of aliphatic imine (C=N–C) groups is 1. The number of rotatable bonds is 7. The average Bonchev–Trinajstić information content (AvgIpc) is 2.60. The summed E-state index contributed by atoms with van der Waals surface area (Å²) in [4.78, 5) is 5.31. The summed E-state index contributed by atoms with van der Waals surface area (Å²) in [6, 6.07) is 16.8. The van der Waals surface area contributed by atoms with Gasteiger partial charge in [-0.25, -0.2) is 4.39 Å². The summed E-state index contributed by atoms with van der Waals surface area (Å²) in [5.41, 5.74) is 1.22. The molecule has 130 valence electrons. The molecule has 0 spiro atoms. The molecule has 2 aromatic carbocycles. The van der Waals surface area contributed by atoms with Crippen LogP contribution in [0.5, 0.6) is 0 Å². The van der Waals surface area contributed by atoms with E-state index in [1.54, 1.807) is 18.8 Å². The fraction of sp³-hybridized carbons (Fsp3) is 0.278. The van der Waals surface area contributed by atoms with Crippen LogP contribution in [0.25, 0.3) is 0 Å². The molecular formula is C18H23FIN3S. The smallest absolute Gasteiger partial charge is 0.191 e. The lowest BCUT2D eigenvalue weighted by Gasteiger charge is -2.11. The molecule has 2 N–H and O–H groups in total. The first-order valence-corrected chi connectivity index (χ1v) is 8.63. The van der Waals surface area contributed by atoms with Gasteiger partial charge in [0.25, 0.3) is 0 Å². The molecule has 6 heteroatoms. The highest BCUT2D eigenvalue weighted by molar-refractivity contribution is 14.0. The van der Waals surface area contributed by atoms with Crippen molar-refractivity contribution in [3.05, 3.63) is 66.0 Å². The van der Waals surface area contributed by atoms with E-state index in [0.717, 1.165) is 36.1 Å². The van der Waals surface area contributed by atoms with E-state index in [9.17, 15) is 4.39 Å². The van der Waals surface area contributed by atoms with Crippen molar-refractivity contribution in [1.29, 1.82) is 0 Å². The van der Waals surface area contributed by atoms with E-state index in [4.69, 9.17) is 0 Å². The molecule has 0 aliphatic heterocycles. The van der Waals surface area contributed by atoms with Crippen molar-refractivity contribution in [2.45, 2.75) is 17.9 Å². The van der Waals surface area contributed by atoms with E-state index in [-0.39, 0.29) is 29.8 Å². The summed E-state index contributed by atoms with van der Waals surface area (Å²) < 4.78 is 12.8. The highest BCUT2D eigenvalue weighted by Crippen LogP contribution is 2.18. The Bertz CT molecular complexity index is 605. The van der Waals surface area contributed by atoms with Crippen molar-refractivity contribution in [1.82, 2.24) is 10.6 Å². The first-order valence-electron chi connectivity index (χ1n) is 7.65. The van der Waals surface area contributed by atoms with E-state index < -0.39 is 0 Å². The van der Waals surface area contributed by atoms with E-state index in [1.807, 2.05) is 30.3 Å². The Morgan fingerprint density at radius 3 is 2.42 bits per heavy atom. The second-order valence-corrected chi connectivity index (χ2v) is 6.16. The molecule has 0 heterocycles. The van der Waals surface area contributed by atoms with Crippen LogP contribution < -0.4 is 10.6 Å². The van der Waals surface area contributed by atoms with Crippen LogP contribution in [0.2, 0.25) is 0 Å². The van der Waals surface area contributed by atoms with Gasteiger partial charge in [-0.2, -0.15) is 0 Å². The maximum Gasteiger partial charge on any atom is 0.191 e. The van der Waals surface area contributed by atoms with Crippen molar-refractivity contribution in [3.8, 4) is 0 Å². The number of hydrogen-bond acceptors (Lipinski definition) is 2. The summed E-state index contributed by atoms with van der Waals surface area (Å²) in [6.45, 7) is 1.60. The van der Waals surface area contributed by atoms with Crippen molar-refractivity contribution in [2.24, 2.45) is 4.99 Å². The largest absolute Gasteiger partial charge is 0.356 e. The van der Waals surface area contributed by atoms with E-state index in [0.29, 0.717) is 0 Å². The van der Waals surface area contributed by atoms with Gasteiger partial charge in [-0.3, -0.25) is 4.99 Å². The third-order valence-corrected chi connectivity index (χ3v) is 4.32. The van der Waals surface area contributed by atoms with E-state index >= 15 is 0 Å². The van der Waals surface area contributed by atoms with Crippen LogP contribution >= 0.6 is 35.7 Å². The molecule has 0 unspecified atom stereocenters. The molecular weight excluding hydrogens is 436 g/mol. The van der Waals surface area contributed by atoms with Crippen molar-refractivity contribution >= 4 is 41.7 Å². The first-order chi connectivity index (χ1) is 11.3. The molecule has 0 saturated heterocycles. The molecule has 3 nitrogen and oxygen atoms in total. The van der Waals surface area contributed by atoms with Gasteiger partial charge >= 0.3 is 0 Å². The zero-order chi connectivity index (χ0) is 16.3. The number of nitrogens with zero attached hydrogens (tertiary/aromatic N) is 1. The zero-order valence-corrected chi connectivity index (χ0v) is 16.8. The van der Waals surface area contributed by atoms with Gasteiger partial charge in [-0.05, 0) is 42.0 Å². The molecule has 0 saturated carbocycles. The van der Waals surface area contributed by atoms with Crippen molar-refractivity contribution in [2.75, 3.05) is 19.3 Å². The predicted octanol–water partition coefficient (Wildman–Crippen LogP) is 4.29. The van der Waals surface area contributed by atoms with Crippen LogP contribution in [0.4, 0.5) is 4.39 Å². The fourth-order valence-corrected chi connectivity index (χ4v) is 2.85. The maximum absolute atomic E-state index is 12.8. The van der Waals surface area contributed by atoms with Gasteiger partial charge in [0.1, 0.15) is 5.82 Å². The Morgan fingerprint density at radius 1 is 1.04 bits per heavy atom. The van der Waals surface area contributed by atoms with Crippen molar-refractivity contribution in [3.63, 3.8) is 0 Å². The third-order valence-electron chi connectivity index (χ3n) is 3.22. The lowest BCUT2D eigenvalue weighted by atomic mass is 10.2. The van der Waals surface area contributed by atoms with Gasteiger partial charge in [0.05, 0.1) is 0 Å². The molecule has 0 aliphatic rings. The Morgan fingerprint density at radius 2 is 1.75 bits per heavy atom. The van der Waals surface area contributed by atoms with Crippen LogP contribution in [0.15, 0.2) is 64.5 Å². The molecule has 0 aliphatic carbocycles. The third kappa shape index (κ3) is 8.01. The van der Waals surface area contributed by atoms with Crippen LogP contribution in [0.1, 0.15) is 12.0 Å². The van der Waals surface area contributed by atoms with E-state index in [1.165, 1.54) is 17.7 Å². The highest BCUT2D eigenvalue weighted by Gasteiger charge is 1.99. The molecule has 2 rings (SSSR count). The maximum atomic E-state index is 12.8. The van der Waals surface area contributed by atoms with Gasteiger partial charge in [0.2, 0.25) is 0 Å². The summed E-state index contributed by atoms with van der Waals surface area (Å²) in [5.74, 6) is 1.60. The highest BCUT2D eigenvalue weighted by atomic mass is 127. The Balaban J connectivity index is 0.00000288. The Hall–Kier alpha value is -1.28. The number of halogens is 2. The minimum Gasteiger partial charge on any atom is -0.356 e. The second-order valence-electron chi connectivity index (χ2n) is 4.99. The van der Waals surface area contributed by atoms with Gasteiger partial charge in [-0.15, -0.1) is 35.7 Å². The molecule has 24 heavy (non-hydrogen) atoms. The van der Waals surface area contributed by atoms with Crippen LogP contribution in [-0.2, 0) is 6.54 Å². The van der Waals surface area contributed by atoms with Gasteiger partial charge in [0, 0.05) is 25.0 Å². The lowest BCUT2D eigenvalue weighted by molar-refractivity contribution is 0.626. The van der Waals surface area contributed by atoms with E-state index in [2.05, 4.69) is 27.8 Å². The van der Waals surface area contributed by atoms with Crippen LogP contribution in [0, 0.1) is 5.82 Å². The molecule has 0 amide bonds. The number of thioether (sulfide) groups is 1. The van der Waals surface area contributed by atoms with Crippen LogP contribution in [-0.4, -0.2) is 25.3 Å². The number of guanidine groups is 1. The SMILES string of the molecule is CN=C(NCCCSc1ccc(F)cc1)NCc1ccccc1.I. The van der Waals surface area contributed by atoms with Crippen molar-refractivity contribution < 1.29 is 4.39 Å². The van der Waals surface area contributed by atoms with Gasteiger partial charge in [0.15, 0.2) is 5.96 Å². The monoisotopic (exact) mass is 459 g/mol. The summed E-state index contributed by atoms with van der Waals surface area (Å²) in [7, 11) is 1.77. The average molecular weight is 459 g/mol.